The molecule has 3 saturated heterocycles. The van der Waals surface area contributed by atoms with Crippen LogP contribution in [0.15, 0.2) is 3.79 Å². The van der Waals surface area contributed by atoms with Crippen molar-refractivity contribution in [3.63, 3.8) is 0 Å². The number of hydrogen-bond acceptors (Lipinski definition) is 4. The molecule has 1 aromatic rings. The highest BCUT2D eigenvalue weighted by atomic mass is 79.9. The molecule has 4 heterocycles. The Morgan fingerprint density at radius 3 is 2.78 bits per heavy atom. The third-order valence-corrected chi connectivity index (χ3v) is 7.09. The molecule has 0 radical (unpaired) electrons. The summed E-state index contributed by atoms with van der Waals surface area (Å²) in [6.07, 6.45) is 6.87. The lowest BCUT2D eigenvalue weighted by molar-refractivity contribution is -0.153. The average Bonchev–Trinajstić information content (AvgIpc) is 2.92. The van der Waals surface area contributed by atoms with E-state index in [1.807, 2.05) is 4.90 Å². The smallest absolute Gasteiger partial charge is 0.226 e. The molecule has 1 atom stereocenters. The summed E-state index contributed by atoms with van der Waals surface area (Å²) in [5.41, 5.74) is -0.114. The number of amides is 2. The molecule has 1 unspecified atom stereocenters. The third kappa shape index (κ3) is 3.42. The Labute approximate surface area is 152 Å². The van der Waals surface area contributed by atoms with Gasteiger partial charge >= 0.3 is 0 Å². The van der Waals surface area contributed by atoms with Crippen molar-refractivity contribution in [2.45, 2.75) is 50.5 Å². The van der Waals surface area contributed by atoms with Crippen molar-refractivity contribution in [2.75, 3.05) is 13.1 Å². The van der Waals surface area contributed by atoms with Gasteiger partial charge in [0.15, 0.2) is 5.15 Å². The van der Waals surface area contributed by atoms with Gasteiger partial charge in [0.2, 0.25) is 11.8 Å². The Morgan fingerprint density at radius 2 is 2.09 bits per heavy atom. The number of thiazole rings is 1. The lowest BCUT2D eigenvalue weighted by Crippen LogP contribution is -2.57. The maximum absolute atomic E-state index is 11.4. The lowest BCUT2D eigenvalue weighted by atomic mass is 9.85. The summed E-state index contributed by atoms with van der Waals surface area (Å²) in [5.74, 6) is 0.470. The molecule has 2 amide bonds. The Kier molecular flexibility index (Phi) is 5.28. The van der Waals surface area contributed by atoms with Gasteiger partial charge in [-0.1, -0.05) is 18.0 Å². The van der Waals surface area contributed by atoms with Crippen LogP contribution >= 0.6 is 38.9 Å². The van der Waals surface area contributed by atoms with Crippen molar-refractivity contribution in [1.82, 2.24) is 15.2 Å². The standard InChI is InChI=1S/C9H8BrClN2OS.C6H11NO/c10-6-7(11)12-8(15-6)9-2-1-3-13(9)5(14)4-9;8-6-4-2-1-3-5-7-6/h1-4H2;1-5H2,(H,7,8). The number of hydrogen-bond donors (Lipinski definition) is 1. The van der Waals surface area contributed by atoms with Gasteiger partial charge in [0.25, 0.3) is 0 Å². The van der Waals surface area contributed by atoms with Gasteiger partial charge in [0.1, 0.15) is 14.3 Å². The molecule has 0 saturated carbocycles. The molecular weight excluding hydrogens is 402 g/mol. The SMILES string of the molecule is O=C1CC2(c3nc(Cl)c(Br)s3)CCCN12.O=C1CCCCCN1. The summed E-state index contributed by atoms with van der Waals surface area (Å²) >= 11 is 10.8. The molecule has 8 heteroatoms. The van der Waals surface area contributed by atoms with E-state index in [-0.39, 0.29) is 17.4 Å². The molecule has 0 spiro atoms. The van der Waals surface area contributed by atoms with Crippen LogP contribution in [0.4, 0.5) is 0 Å². The van der Waals surface area contributed by atoms with E-state index >= 15 is 0 Å². The second-order valence-corrected chi connectivity index (χ2v) is 8.78. The molecule has 0 bridgehead atoms. The highest BCUT2D eigenvalue weighted by molar-refractivity contribution is 9.11. The Bertz CT molecular complexity index is 594. The average molecular weight is 421 g/mol. The number of aromatic nitrogens is 1. The summed E-state index contributed by atoms with van der Waals surface area (Å²) < 4.78 is 0.861. The van der Waals surface area contributed by atoms with Crippen LogP contribution in [0.2, 0.25) is 5.15 Å². The molecule has 1 aromatic heterocycles. The van der Waals surface area contributed by atoms with Crippen LogP contribution in [0.25, 0.3) is 0 Å². The van der Waals surface area contributed by atoms with E-state index in [0.29, 0.717) is 11.6 Å². The first kappa shape index (κ1) is 17.2. The van der Waals surface area contributed by atoms with Gasteiger partial charge in [-0.15, -0.1) is 11.3 Å². The highest BCUT2D eigenvalue weighted by Crippen LogP contribution is 2.51. The molecule has 126 valence electrons. The van der Waals surface area contributed by atoms with Gasteiger partial charge in [0.05, 0.1) is 6.42 Å². The quantitative estimate of drug-likeness (QED) is 0.708. The molecular formula is C15H19BrClN3O2S. The summed E-state index contributed by atoms with van der Waals surface area (Å²) in [7, 11) is 0. The van der Waals surface area contributed by atoms with E-state index in [1.165, 1.54) is 6.42 Å². The predicted octanol–water partition coefficient (Wildman–Crippen LogP) is 3.46. The normalized spacial score (nSPS) is 26.6. The molecule has 3 fully saturated rings. The number of nitrogens with zero attached hydrogens (tertiary/aromatic N) is 2. The first-order valence-electron chi connectivity index (χ1n) is 7.92. The van der Waals surface area contributed by atoms with Crippen LogP contribution in [-0.2, 0) is 15.1 Å². The topological polar surface area (TPSA) is 62.3 Å². The maximum atomic E-state index is 11.4. The van der Waals surface area contributed by atoms with E-state index in [9.17, 15) is 9.59 Å². The van der Waals surface area contributed by atoms with Crippen molar-refractivity contribution in [2.24, 2.45) is 0 Å². The minimum absolute atomic E-state index is 0.114. The monoisotopic (exact) mass is 419 g/mol. The van der Waals surface area contributed by atoms with Crippen molar-refractivity contribution < 1.29 is 9.59 Å². The van der Waals surface area contributed by atoms with Crippen molar-refractivity contribution in [3.8, 4) is 0 Å². The van der Waals surface area contributed by atoms with E-state index < -0.39 is 0 Å². The van der Waals surface area contributed by atoms with Gasteiger partial charge in [-0.3, -0.25) is 9.59 Å². The first-order chi connectivity index (χ1) is 11.0. The molecule has 5 nitrogen and oxygen atoms in total. The van der Waals surface area contributed by atoms with E-state index in [0.717, 1.165) is 54.0 Å². The molecule has 3 aliphatic heterocycles. The zero-order valence-electron chi connectivity index (χ0n) is 12.7. The fourth-order valence-electron chi connectivity index (χ4n) is 3.36. The molecule has 0 aromatic carbocycles. The molecule has 1 N–H and O–H groups in total. The van der Waals surface area contributed by atoms with Crippen LogP contribution in [0.5, 0.6) is 0 Å². The molecule has 4 rings (SSSR count). The second kappa shape index (κ2) is 7.07. The Morgan fingerprint density at radius 1 is 1.26 bits per heavy atom. The fourth-order valence-corrected chi connectivity index (χ4v) is 5.07. The van der Waals surface area contributed by atoms with Gasteiger partial charge in [-0.25, -0.2) is 4.98 Å². The van der Waals surface area contributed by atoms with Crippen molar-refractivity contribution in [1.29, 1.82) is 0 Å². The van der Waals surface area contributed by atoms with Crippen LogP contribution in [0.1, 0.15) is 50.0 Å². The fraction of sp³-hybridized carbons (Fsp3) is 0.667. The summed E-state index contributed by atoms with van der Waals surface area (Å²) in [6.45, 7) is 1.76. The number of halogens is 2. The third-order valence-electron chi connectivity index (χ3n) is 4.58. The highest BCUT2D eigenvalue weighted by Gasteiger charge is 2.56. The second-order valence-electron chi connectivity index (χ2n) is 6.10. The number of fused-ring (bicyclic) bond motifs is 1. The summed E-state index contributed by atoms with van der Waals surface area (Å²) in [4.78, 5) is 28.3. The van der Waals surface area contributed by atoms with Gasteiger partial charge in [-0.2, -0.15) is 0 Å². The Hall–Kier alpha value is -0.660. The maximum Gasteiger partial charge on any atom is 0.226 e. The molecule has 3 aliphatic rings. The van der Waals surface area contributed by atoms with Gasteiger partial charge < -0.3 is 10.2 Å². The van der Waals surface area contributed by atoms with Crippen molar-refractivity contribution in [3.05, 3.63) is 13.9 Å². The lowest BCUT2D eigenvalue weighted by Gasteiger charge is -2.45. The zero-order valence-corrected chi connectivity index (χ0v) is 15.9. The first-order valence-corrected chi connectivity index (χ1v) is 9.91. The van der Waals surface area contributed by atoms with E-state index in [1.54, 1.807) is 11.3 Å². The van der Waals surface area contributed by atoms with E-state index in [4.69, 9.17) is 11.6 Å². The minimum Gasteiger partial charge on any atom is -0.356 e. The van der Waals surface area contributed by atoms with Crippen LogP contribution < -0.4 is 5.32 Å². The number of carbonyl (C=O) groups is 2. The molecule has 23 heavy (non-hydrogen) atoms. The Balaban J connectivity index is 0.000000166. The number of carbonyl (C=O) groups excluding carboxylic acids is 2. The van der Waals surface area contributed by atoms with Crippen molar-refractivity contribution >= 4 is 50.7 Å². The molecule has 0 aliphatic carbocycles. The van der Waals surface area contributed by atoms with Crippen LogP contribution in [0.3, 0.4) is 0 Å². The zero-order chi connectivity index (χ0) is 16.4. The summed E-state index contributed by atoms with van der Waals surface area (Å²) in [5, 5.41) is 4.30. The number of β-lactam (4-membered cyclic amide) rings is 1. The van der Waals surface area contributed by atoms with Crippen LogP contribution in [0, 0.1) is 0 Å². The number of nitrogens with one attached hydrogen (secondary N) is 1. The van der Waals surface area contributed by atoms with Gasteiger partial charge in [0, 0.05) is 19.5 Å². The number of rotatable bonds is 1. The van der Waals surface area contributed by atoms with Crippen LogP contribution in [-0.4, -0.2) is 34.8 Å². The van der Waals surface area contributed by atoms with E-state index in [2.05, 4.69) is 26.2 Å². The largest absolute Gasteiger partial charge is 0.356 e. The predicted molar refractivity (Wildman–Crippen MR) is 93.5 cm³/mol. The summed E-state index contributed by atoms with van der Waals surface area (Å²) in [6, 6.07) is 0. The minimum atomic E-state index is -0.114. The van der Waals surface area contributed by atoms with Gasteiger partial charge in [-0.05, 0) is 41.6 Å².